The van der Waals surface area contributed by atoms with Gasteiger partial charge in [0.2, 0.25) is 0 Å². The summed E-state index contributed by atoms with van der Waals surface area (Å²) in [5.74, 6) is -5.62. The minimum absolute atomic E-state index is 0.0221. The maximum Gasteiger partial charge on any atom is 0.277 e. The van der Waals surface area contributed by atoms with Gasteiger partial charge in [-0.1, -0.05) is 6.08 Å². The first-order valence-electron chi connectivity index (χ1n) is 6.94. The molecule has 0 bridgehead atoms. The number of halogens is 4. The fourth-order valence-electron chi connectivity index (χ4n) is 1.86. The van der Waals surface area contributed by atoms with Gasteiger partial charge in [0.15, 0.2) is 17.5 Å². The van der Waals surface area contributed by atoms with Crippen LogP contribution in [0.1, 0.15) is 15.9 Å². The Morgan fingerprint density at radius 1 is 1.36 bits per heavy atom. The van der Waals surface area contributed by atoms with E-state index < -0.39 is 34.6 Å². The van der Waals surface area contributed by atoms with E-state index in [4.69, 9.17) is 4.84 Å². The zero-order chi connectivity index (χ0) is 18.6. The SMILES string of the molecule is C=CCONC(=O)c1cc(F)c(F)c(F)c1Nc1ncc(C)cc1Br. The monoisotopic (exact) mass is 415 g/mol. The maximum atomic E-state index is 14.2. The summed E-state index contributed by atoms with van der Waals surface area (Å²) in [5.41, 5.74) is 1.74. The highest BCUT2D eigenvalue weighted by atomic mass is 79.9. The summed E-state index contributed by atoms with van der Waals surface area (Å²) >= 11 is 3.22. The van der Waals surface area contributed by atoms with Crippen LogP contribution in [-0.4, -0.2) is 17.5 Å². The number of nitrogens with zero attached hydrogens (tertiary/aromatic N) is 1. The number of amides is 1. The predicted octanol–water partition coefficient (Wildman–Crippen LogP) is 4.16. The fraction of sp³-hybridized carbons (Fsp3) is 0.125. The molecule has 0 unspecified atom stereocenters. The second kappa shape index (κ2) is 8.13. The van der Waals surface area contributed by atoms with Gasteiger partial charge in [-0.25, -0.2) is 23.6 Å². The number of aryl methyl sites for hydroxylation is 1. The summed E-state index contributed by atoms with van der Waals surface area (Å²) in [6, 6.07) is 2.25. The van der Waals surface area contributed by atoms with Crippen LogP contribution in [0.5, 0.6) is 0 Å². The van der Waals surface area contributed by atoms with E-state index in [1.165, 1.54) is 12.3 Å². The highest BCUT2D eigenvalue weighted by Gasteiger charge is 2.24. The molecule has 5 nitrogen and oxygen atoms in total. The smallest absolute Gasteiger partial charge is 0.277 e. The molecule has 2 rings (SSSR count). The topological polar surface area (TPSA) is 63.2 Å². The van der Waals surface area contributed by atoms with Gasteiger partial charge in [-0.15, -0.1) is 6.58 Å². The van der Waals surface area contributed by atoms with Gasteiger partial charge in [0.1, 0.15) is 5.82 Å². The predicted molar refractivity (Wildman–Crippen MR) is 89.9 cm³/mol. The van der Waals surface area contributed by atoms with E-state index in [1.807, 2.05) is 5.48 Å². The van der Waals surface area contributed by atoms with E-state index in [1.54, 1.807) is 13.0 Å². The third-order valence-corrected chi connectivity index (χ3v) is 3.60. The summed E-state index contributed by atoms with van der Waals surface area (Å²) in [6.07, 6.45) is 2.84. The molecule has 0 aliphatic heterocycles. The van der Waals surface area contributed by atoms with Gasteiger partial charge in [0.25, 0.3) is 5.91 Å². The quantitative estimate of drug-likeness (QED) is 0.321. The zero-order valence-electron chi connectivity index (χ0n) is 13.0. The molecule has 1 heterocycles. The zero-order valence-corrected chi connectivity index (χ0v) is 14.6. The highest BCUT2D eigenvalue weighted by Crippen LogP contribution is 2.30. The molecule has 25 heavy (non-hydrogen) atoms. The lowest BCUT2D eigenvalue weighted by atomic mass is 10.1. The van der Waals surface area contributed by atoms with Crippen molar-refractivity contribution in [1.82, 2.24) is 10.5 Å². The van der Waals surface area contributed by atoms with Crippen molar-refractivity contribution in [3.63, 3.8) is 0 Å². The van der Waals surface area contributed by atoms with E-state index in [2.05, 4.69) is 32.8 Å². The summed E-state index contributed by atoms with van der Waals surface area (Å²) in [6.45, 7) is 5.15. The van der Waals surface area contributed by atoms with E-state index >= 15 is 0 Å². The molecule has 0 atom stereocenters. The number of rotatable bonds is 6. The lowest BCUT2D eigenvalue weighted by molar-refractivity contribution is 0.0421. The van der Waals surface area contributed by atoms with E-state index in [0.717, 1.165) is 5.56 Å². The summed E-state index contributed by atoms with van der Waals surface area (Å²) < 4.78 is 41.8. The molecule has 2 N–H and O–H groups in total. The van der Waals surface area contributed by atoms with E-state index in [0.29, 0.717) is 10.5 Å². The molecule has 132 valence electrons. The van der Waals surface area contributed by atoms with Crippen LogP contribution in [0.25, 0.3) is 0 Å². The number of aromatic nitrogens is 1. The van der Waals surface area contributed by atoms with Gasteiger partial charge in [-0.05, 0) is 40.5 Å². The molecule has 2 aromatic rings. The van der Waals surface area contributed by atoms with Crippen molar-refractivity contribution in [2.45, 2.75) is 6.92 Å². The number of benzene rings is 1. The van der Waals surface area contributed by atoms with Crippen LogP contribution in [0.2, 0.25) is 0 Å². The Bertz CT molecular complexity index is 831. The molecule has 0 spiro atoms. The largest absolute Gasteiger partial charge is 0.336 e. The lowest BCUT2D eigenvalue weighted by Gasteiger charge is -2.14. The number of nitrogens with one attached hydrogen (secondary N) is 2. The maximum absolute atomic E-state index is 14.2. The van der Waals surface area contributed by atoms with Crippen molar-refractivity contribution in [3.05, 3.63) is 64.0 Å². The lowest BCUT2D eigenvalue weighted by Crippen LogP contribution is -2.25. The summed E-state index contributed by atoms with van der Waals surface area (Å²) in [5, 5.41) is 2.50. The second-order valence-electron chi connectivity index (χ2n) is 4.91. The number of anilines is 2. The first-order valence-corrected chi connectivity index (χ1v) is 7.74. The fourth-order valence-corrected chi connectivity index (χ4v) is 2.42. The average Bonchev–Trinajstić information content (AvgIpc) is 2.57. The standard InChI is InChI=1S/C16H13BrF3N3O2/c1-3-4-25-23-16(24)9-6-11(18)12(19)13(20)14(9)22-15-10(17)5-8(2)7-21-15/h3,5-7H,1,4H2,2H3,(H,21,22)(H,23,24). The van der Waals surface area contributed by atoms with Gasteiger partial charge in [0.05, 0.1) is 22.3 Å². The molecule has 1 aromatic carbocycles. The van der Waals surface area contributed by atoms with Crippen LogP contribution < -0.4 is 10.8 Å². The molecule has 1 aromatic heterocycles. The molecular weight excluding hydrogens is 403 g/mol. The van der Waals surface area contributed by atoms with Crippen molar-refractivity contribution >= 4 is 33.3 Å². The van der Waals surface area contributed by atoms with Crippen molar-refractivity contribution in [1.29, 1.82) is 0 Å². The Balaban J connectivity index is 2.45. The van der Waals surface area contributed by atoms with Crippen LogP contribution in [0.15, 0.2) is 35.5 Å². The Hall–Kier alpha value is -2.39. The molecule has 0 saturated heterocycles. The Morgan fingerprint density at radius 3 is 2.72 bits per heavy atom. The molecule has 0 aliphatic carbocycles. The molecule has 0 fully saturated rings. The van der Waals surface area contributed by atoms with Gasteiger partial charge in [-0.3, -0.25) is 9.63 Å². The second-order valence-corrected chi connectivity index (χ2v) is 5.76. The first kappa shape index (κ1) is 18.9. The molecule has 0 saturated carbocycles. The number of carbonyl (C=O) groups is 1. The summed E-state index contributed by atoms with van der Waals surface area (Å²) in [7, 11) is 0. The Labute approximate surface area is 150 Å². The molecule has 0 radical (unpaired) electrons. The van der Waals surface area contributed by atoms with Gasteiger partial charge in [-0.2, -0.15) is 0 Å². The van der Waals surface area contributed by atoms with Gasteiger partial charge in [0, 0.05) is 6.20 Å². The van der Waals surface area contributed by atoms with E-state index in [9.17, 15) is 18.0 Å². The number of hydrogen-bond acceptors (Lipinski definition) is 4. The minimum Gasteiger partial charge on any atom is -0.336 e. The Kier molecular flexibility index (Phi) is 6.16. The van der Waals surface area contributed by atoms with Crippen molar-refractivity contribution < 1.29 is 22.8 Å². The molecular formula is C16H13BrF3N3O2. The van der Waals surface area contributed by atoms with Crippen molar-refractivity contribution in [2.24, 2.45) is 0 Å². The normalized spacial score (nSPS) is 10.4. The highest BCUT2D eigenvalue weighted by molar-refractivity contribution is 9.10. The van der Waals surface area contributed by atoms with E-state index in [-0.39, 0.29) is 12.4 Å². The van der Waals surface area contributed by atoms with Crippen LogP contribution in [0.3, 0.4) is 0 Å². The van der Waals surface area contributed by atoms with Crippen LogP contribution in [0, 0.1) is 24.4 Å². The number of hydroxylamine groups is 1. The number of hydrogen-bond donors (Lipinski definition) is 2. The first-order chi connectivity index (χ1) is 11.8. The molecule has 0 aliphatic rings. The van der Waals surface area contributed by atoms with Crippen molar-refractivity contribution in [2.75, 3.05) is 11.9 Å². The van der Waals surface area contributed by atoms with Crippen LogP contribution in [0.4, 0.5) is 24.7 Å². The number of pyridine rings is 1. The number of carbonyl (C=O) groups excluding carboxylic acids is 1. The third-order valence-electron chi connectivity index (χ3n) is 2.99. The summed E-state index contributed by atoms with van der Waals surface area (Å²) in [4.78, 5) is 20.9. The Morgan fingerprint density at radius 2 is 2.08 bits per heavy atom. The molecule has 9 heteroatoms. The third kappa shape index (κ3) is 4.37. The molecule has 1 amide bonds. The van der Waals surface area contributed by atoms with Crippen LogP contribution in [-0.2, 0) is 4.84 Å². The average molecular weight is 416 g/mol. The van der Waals surface area contributed by atoms with Crippen LogP contribution >= 0.6 is 15.9 Å². The van der Waals surface area contributed by atoms with Gasteiger partial charge >= 0.3 is 0 Å². The van der Waals surface area contributed by atoms with Gasteiger partial charge < -0.3 is 5.32 Å². The van der Waals surface area contributed by atoms with Crippen molar-refractivity contribution in [3.8, 4) is 0 Å². The minimum atomic E-state index is -1.71.